The lowest BCUT2D eigenvalue weighted by Gasteiger charge is -2.39. The van der Waals surface area contributed by atoms with Crippen LogP contribution in [0.4, 0.5) is 4.39 Å². The van der Waals surface area contributed by atoms with Crippen molar-refractivity contribution >= 4 is 16.9 Å². The third kappa shape index (κ3) is 3.68. The normalized spacial score (nSPS) is 16.8. The standard InChI is InChI=1S/C22H21FN2O3/c23-17-5-2-6-18(14-17)28-22(21(26)27)9-12-25(13-10-22)15-16-4-1-8-20-19(16)7-3-11-24-20/h1-8,11,14H,9-10,12-13,15H2,(H,26,27). The fraction of sp³-hybridized carbons (Fsp3) is 0.273. The Labute approximate surface area is 162 Å². The highest BCUT2D eigenvalue weighted by molar-refractivity contribution is 5.82. The molecule has 3 aromatic rings. The Kier molecular flexibility index (Phi) is 4.96. The summed E-state index contributed by atoms with van der Waals surface area (Å²) in [6.45, 7) is 1.88. The largest absolute Gasteiger partial charge is 0.478 e. The molecule has 1 fully saturated rings. The molecule has 2 heterocycles. The quantitative estimate of drug-likeness (QED) is 0.728. The molecule has 6 heteroatoms. The zero-order valence-corrected chi connectivity index (χ0v) is 15.3. The summed E-state index contributed by atoms with van der Waals surface area (Å²) in [5.41, 5.74) is 0.788. The van der Waals surface area contributed by atoms with E-state index in [2.05, 4.69) is 22.0 Å². The molecule has 0 atom stereocenters. The average molecular weight is 380 g/mol. The van der Waals surface area contributed by atoms with E-state index in [9.17, 15) is 14.3 Å². The van der Waals surface area contributed by atoms with E-state index < -0.39 is 17.4 Å². The number of carboxylic acids is 1. The zero-order valence-electron chi connectivity index (χ0n) is 15.3. The number of ether oxygens (including phenoxy) is 1. The highest BCUT2D eigenvalue weighted by Gasteiger charge is 2.44. The van der Waals surface area contributed by atoms with Crippen LogP contribution in [0.3, 0.4) is 0 Å². The van der Waals surface area contributed by atoms with E-state index in [1.165, 1.54) is 23.8 Å². The van der Waals surface area contributed by atoms with Crippen LogP contribution in [-0.4, -0.2) is 39.7 Å². The summed E-state index contributed by atoms with van der Waals surface area (Å²) in [5, 5.41) is 10.9. The summed E-state index contributed by atoms with van der Waals surface area (Å²) >= 11 is 0. The molecule has 1 aliphatic heterocycles. The molecule has 0 saturated carbocycles. The molecular weight excluding hydrogens is 359 g/mol. The van der Waals surface area contributed by atoms with E-state index in [4.69, 9.17) is 4.74 Å². The molecule has 4 rings (SSSR count). The van der Waals surface area contributed by atoms with Crippen LogP contribution in [0.1, 0.15) is 18.4 Å². The van der Waals surface area contributed by atoms with E-state index >= 15 is 0 Å². The molecule has 1 N–H and O–H groups in total. The van der Waals surface area contributed by atoms with Gasteiger partial charge in [0.25, 0.3) is 0 Å². The third-order valence-corrected chi connectivity index (χ3v) is 5.29. The van der Waals surface area contributed by atoms with Gasteiger partial charge in [0.15, 0.2) is 0 Å². The molecule has 0 unspecified atom stereocenters. The van der Waals surface area contributed by atoms with Crippen molar-refractivity contribution in [2.45, 2.75) is 25.0 Å². The van der Waals surface area contributed by atoms with Crippen molar-refractivity contribution in [3.8, 4) is 5.75 Å². The van der Waals surface area contributed by atoms with Crippen LogP contribution in [0.2, 0.25) is 0 Å². The van der Waals surface area contributed by atoms with Crippen molar-refractivity contribution in [1.29, 1.82) is 0 Å². The van der Waals surface area contributed by atoms with E-state index in [0.29, 0.717) is 25.9 Å². The number of carboxylic acid groups (broad SMARTS) is 1. The minimum atomic E-state index is -1.33. The second-order valence-electron chi connectivity index (χ2n) is 7.12. The summed E-state index contributed by atoms with van der Waals surface area (Å²) in [4.78, 5) is 18.6. The number of rotatable bonds is 5. The predicted molar refractivity (Wildman–Crippen MR) is 104 cm³/mol. The number of likely N-dealkylation sites (tertiary alicyclic amines) is 1. The molecule has 1 saturated heterocycles. The molecule has 1 aliphatic rings. The van der Waals surface area contributed by atoms with E-state index in [1.807, 2.05) is 18.2 Å². The Hall–Kier alpha value is -2.99. The van der Waals surface area contributed by atoms with Gasteiger partial charge in [-0.1, -0.05) is 24.3 Å². The molecule has 0 aliphatic carbocycles. The molecule has 2 aromatic carbocycles. The summed E-state index contributed by atoms with van der Waals surface area (Å²) in [6.07, 6.45) is 2.45. The Morgan fingerprint density at radius 3 is 2.68 bits per heavy atom. The first-order chi connectivity index (χ1) is 13.6. The molecule has 5 nitrogen and oxygen atoms in total. The van der Waals surface area contributed by atoms with Crippen LogP contribution in [0.5, 0.6) is 5.75 Å². The Morgan fingerprint density at radius 2 is 1.93 bits per heavy atom. The summed E-state index contributed by atoms with van der Waals surface area (Å²) in [5.74, 6) is -1.21. The zero-order chi connectivity index (χ0) is 19.6. The monoisotopic (exact) mass is 380 g/mol. The van der Waals surface area contributed by atoms with Crippen LogP contribution in [0.15, 0.2) is 60.8 Å². The van der Waals surface area contributed by atoms with Crippen LogP contribution < -0.4 is 4.74 Å². The van der Waals surface area contributed by atoms with Gasteiger partial charge in [0.2, 0.25) is 5.60 Å². The van der Waals surface area contributed by atoms with Crippen molar-refractivity contribution in [3.05, 3.63) is 72.2 Å². The Morgan fingerprint density at radius 1 is 1.14 bits per heavy atom. The van der Waals surface area contributed by atoms with Gasteiger partial charge in [-0.3, -0.25) is 9.88 Å². The fourth-order valence-corrected chi connectivity index (χ4v) is 3.73. The maximum Gasteiger partial charge on any atom is 0.348 e. The highest BCUT2D eigenvalue weighted by Crippen LogP contribution is 2.31. The summed E-state index contributed by atoms with van der Waals surface area (Å²) < 4.78 is 19.2. The molecule has 0 radical (unpaired) electrons. The molecule has 0 spiro atoms. The second kappa shape index (κ2) is 7.56. The summed E-state index contributed by atoms with van der Waals surface area (Å²) in [7, 11) is 0. The number of pyridine rings is 1. The smallest absolute Gasteiger partial charge is 0.348 e. The first-order valence-electron chi connectivity index (χ1n) is 9.29. The third-order valence-electron chi connectivity index (χ3n) is 5.29. The van der Waals surface area contributed by atoms with Crippen molar-refractivity contribution in [2.24, 2.45) is 0 Å². The minimum absolute atomic E-state index is 0.246. The Bertz CT molecular complexity index is 994. The number of aliphatic carboxylic acids is 1. The number of aromatic nitrogens is 1. The highest BCUT2D eigenvalue weighted by atomic mass is 19.1. The number of halogens is 1. The van der Waals surface area contributed by atoms with E-state index in [-0.39, 0.29) is 5.75 Å². The molecule has 1 aromatic heterocycles. The van der Waals surface area contributed by atoms with Gasteiger partial charge in [-0.05, 0) is 29.8 Å². The van der Waals surface area contributed by atoms with Crippen LogP contribution >= 0.6 is 0 Å². The van der Waals surface area contributed by atoms with Crippen molar-refractivity contribution in [2.75, 3.05) is 13.1 Å². The predicted octanol–water partition coefficient (Wildman–Crippen LogP) is 3.87. The molecule has 144 valence electrons. The van der Waals surface area contributed by atoms with Gasteiger partial charge in [0.05, 0.1) is 5.52 Å². The number of hydrogen-bond donors (Lipinski definition) is 1. The SMILES string of the molecule is O=C(O)C1(Oc2cccc(F)c2)CCN(Cc2cccc3ncccc23)CC1. The lowest BCUT2D eigenvalue weighted by atomic mass is 9.90. The number of carbonyl (C=O) groups is 1. The molecular formula is C22H21FN2O3. The lowest BCUT2D eigenvalue weighted by molar-refractivity contribution is -0.159. The second-order valence-corrected chi connectivity index (χ2v) is 7.12. The van der Waals surface area contributed by atoms with Crippen LogP contribution in [0.25, 0.3) is 10.9 Å². The first-order valence-corrected chi connectivity index (χ1v) is 9.29. The van der Waals surface area contributed by atoms with Crippen molar-refractivity contribution in [1.82, 2.24) is 9.88 Å². The minimum Gasteiger partial charge on any atom is -0.478 e. The average Bonchev–Trinajstić information content (AvgIpc) is 2.70. The van der Waals surface area contributed by atoms with E-state index in [0.717, 1.165) is 17.4 Å². The van der Waals surface area contributed by atoms with Crippen LogP contribution in [0, 0.1) is 5.82 Å². The fourth-order valence-electron chi connectivity index (χ4n) is 3.73. The van der Waals surface area contributed by atoms with Crippen LogP contribution in [-0.2, 0) is 11.3 Å². The van der Waals surface area contributed by atoms with Gasteiger partial charge >= 0.3 is 5.97 Å². The lowest BCUT2D eigenvalue weighted by Crippen LogP contribution is -2.53. The maximum atomic E-state index is 13.4. The van der Waals surface area contributed by atoms with Gasteiger partial charge in [-0.2, -0.15) is 0 Å². The molecule has 28 heavy (non-hydrogen) atoms. The summed E-state index contributed by atoms with van der Waals surface area (Å²) in [6, 6.07) is 15.7. The van der Waals surface area contributed by atoms with Gasteiger partial charge in [-0.15, -0.1) is 0 Å². The van der Waals surface area contributed by atoms with Gasteiger partial charge in [0.1, 0.15) is 11.6 Å². The number of piperidine rings is 1. The number of nitrogens with zero attached hydrogens (tertiary/aromatic N) is 2. The Balaban J connectivity index is 1.48. The number of benzene rings is 2. The van der Waals surface area contributed by atoms with Gasteiger partial charge in [0, 0.05) is 50.1 Å². The van der Waals surface area contributed by atoms with Crippen molar-refractivity contribution < 1.29 is 19.0 Å². The number of hydrogen-bond acceptors (Lipinski definition) is 4. The molecule has 0 amide bonds. The van der Waals surface area contributed by atoms with Gasteiger partial charge < -0.3 is 9.84 Å². The van der Waals surface area contributed by atoms with Gasteiger partial charge in [-0.25, -0.2) is 9.18 Å². The topological polar surface area (TPSA) is 62.7 Å². The first kappa shape index (κ1) is 18.4. The molecule has 0 bridgehead atoms. The number of fused-ring (bicyclic) bond motifs is 1. The maximum absolute atomic E-state index is 13.4. The van der Waals surface area contributed by atoms with E-state index in [1.54, 1.807) is 12.3 Å². The van der Waals surface area contributed by atoms with Crippen molar-refractivity contribution in [3.63, 3.8) is 0 Å².